The standard InChI is InChI=1S/C16H20N6O3S/c1-2-5-26(23,24)22-11-6-10(7-11)20-14-12-3-4-17-15(12)18-8-13(14)16-21-19-9-25-16/h3-4,8-11,22H,2,5-7H2,1H3,(H2,17,18,20)/t10-,11+. The lowest BCUT2D eigenvalue weighted by molar-refractivity contribution is 0.346. The number of aromatic amines is 1. The molecule has 0 unspecified atom stereocenters. The number of rotatable bonds is 7. The van der Waals surface area contributed by atoms with Crippen LogP contribution < -0.4 is 10.0 Å². The molecule has 0 atom stereocenters. The summed E-state index contributed by atoms with van der Waals surface area (Å²) in [4.78, 5) is 7.46. The fourth-order valence-corrected chi connectivity index (χ4v) is 4.59. The van der Waals surface area contributed by atoms with Crippen LogP contribution in [0.2, 0.25) is 0 Å². The van der Waals surface area contributed by atoms with E-state index in [-0.39, 0.29) is 17.8 Å². The van der Waals surface area contributed by atoms with Gasteiger partial charge in [0.15, 0.2) is 0 Å². The van der Waals surface area contributed by atoms with Crippen molar-refractivity contribution >= 4 is 26.7 Å². The zero-order valence-electron chi connectivity index (χ0n) is 14.3. The second-order valence-electron chi connectivity index (χ2n) is 6.48. The third kappa shape index (κ3) is 3.29. The van der Waals surface area contributed by atoms with Gasteiger partial charge < -0.3 is 14.7 Å². The first-order chi connectivity index (χ1) is 12.6. The van der Waals surface area contributed by atoms with Crippen molar-refractivity contribution in [2.75, 3.05) is 11.1 Å². The van der Waals surface area contributed by atoms with Crippen LogP contribution in [0.5, 0.6) is 0 Å². The van der Waals surface area contributed by atoms with Crippen molar-refractivity contribution in [2.45, 2.75) is 38.3 Å². The lowest BCUT2D eigenvalue weighted by atomic mass is 9.87. The van der Waals surface area contributed by atoms with Gasteiger partial charge in [0.1, 0.15) is 5.65 Å². The average molecular weight is 376 g/mol. The van der Waals surface area contributed by atoms with Gasteiger partial charge in [0.05, 0.1) is 17.0 Å². The van der Waals surface area contributed by atoms with E-state index in [4.69, 9.17) is 4.42 Å². The van der Waals surface area contributed by atoms with E-state index >= 15 is 0 Å². The molecule has 3 aromatic rings. The zero-order valence-corrected chi connectivity index (χ0v) is 15.1. The Balaban J connectivity index is 1.52. The van der Waals surface area contributed by atoms with Crippen LogP contribution in [-0.4, -0.2) is 46.4 Å². The highest BCUT2D eigenvalue weighted by Crippen LogP contribution is 2.35. The van der Waals surface area contributed by atoms with E-state index in [1.165, 1.54) is 6.39 Å². The van der Waals surface area contributed by atoms with Crippen LogP contribution in [0.25, 0.3) is 22.5 Å². The zero-order chi connectivity index (χ0) is 18.1. The molecule has 0 aliphatic heterocycles. The van der Waals surface area contributed by atoms with Gasteiger partial charge in [-0.15, -0.1) is 10.2 Å². The number of aromatic nitrogens is 4. The number of anilines is 1. The topological polar surface area (TPSA) is 126 Å². The van der Waals surface area contributed by atoms with Crippen molar-refractivity contribution in [3.63, 3.8) is 0 Å². The van der Waals surface area contributed by atoms with Gasteiger partial charge in [-0.3, -0.25) is 0 Å². The van der Waals surface area contributed by atoms with E-state index < -0.39 is 10.0 Å². The summed E-state index contributed by atoms with van der Waals surface area (Å²) in [5.74, 6) is 0.555. The van der Waals surface area contributed by atoms with Crippen molar-refractivity contribution in [3.8, 4) is 11.5 Å². The van der Waals surface area contributed by atoms with E-state index in [1.54, 1.807) is 6.20 Å². The van der Waals surface area contributed by atoms with Gasteiger partial charge in [-0.25, -0.2) is 18.1 Å². The molecule has 9 nitrogen and oxygen atoms in total. The fourth-order valence-electron chi connectivity index (χ4n) is 3.23. The van der Waals surface area contributed by atoms with Crippen LogP contribution >= 0.6 is 0 Å². The van der Waals surface area contributed by atoms with Crippen LogP contribution in [-0.2, 0) is 10.0 Å². The second-order valence-corrected chi connectivity index (χ2v) is 8.35. The maximum atomic E-state index is 11.9. The maximum Gasteiger partial charge on any atom is 0.251 e. The molecular formula is C16H20N6O3S. The molecule has 0 saturated heterocycles. The summed E-state index contributed by atoms with van der Waals surface area (Å²) >= 11 is 0. The molecule has 0 radical (unpaired) electrons. The SMILES string of the molecule is CCCS(=O)(=O)N[C@H]1C[C@@H](Nc2c(-c3nnco3)cnc3[nH]ccc23)C1. The minimum atomic E-state index is -3.18. The molecule has 10 heteroatoms. The third-order valence-corrected chi connectivity index (χ3v) is 6.12. The Morgan fingerprint density at radius 1 is 1.35 bits per heavy atom. The molecule has 0 bridgehead atoms. The molecule has 3 heterocycles. The number of H-pyrrole nitrogens is 1. The predicted molar refractivity (Wildman–Crippen MR) is 97.0 cm³/mol. The van der Waals surface area contributed by atoms with Gasteiger partial charge in [-0.2, -0.15) is 0 Å². The smallest absolute Gasteiger partial charge is 0.251 e. The molecule has 3 aromatic heterocycles. The molecule has 0 amide bonds. The predicted octanol–water partition coefficient (Wildman–Crippen LogP) is 1.89. The van der Waals surface area contributed by atoms with E-state index in [2.05, 4.69) is 30.2 Å². The highest BCUT2D eigenvalue weighted by atomic mass is 32.2. The van der Waals surface area contributed by atoms with Crippen LogP contribution in [0.3, 0.4) is 0 Å². The van der Waals surface area contributed by atoms with Gasteiger partial charge >= 0.3 is 0 Å². The van der Waals surface area contributed by atoms with Crippen LogP contribution in [0.4, 0.5) is 5.69 Å². The first-order valence-electron chi connectivity index (χ1n) is 8.55. The lowest BCUT2D eigenvalue weighted by Crippen LogP contribution is -2.50. The summed E-state index contributed by atoms with van der Waals surface area (Å²) in [7, 11) is -3.18. The fraction of sp³-hybridized carbons (Fsp3) is 0.438. The summed E-state index contributed by atoms with van der Waals surface area (Å²) in [6.45, 7) is 1.86. The Bertz CT molecular complexity index is 992. The van der Waals surface area contributed by atoms with E-state index in [0.29, 0.717) is 12.3 Å². The number of sulfonamides is 1. The van der Waals surface area contributed by atoms with E-state index in [1.807, 2.05) is 19.2 Å². The molecule has 0 aromatic carbocycles. The highest BCUT2D eigenvalue weighted by molar-refractivity contribution is 7.89. The van der Waals surface area contributed by atoms with Crippen LogP contribution in [0, 0.1) is 0 Å². The van der Waals surface area contributed by atoms with Crippen molar-refractivity contribution in [1.29, 1.82) is 0 Å². The summed E-state index contributed by atoms with van der Waals surface area (Å²) in [5.41, 5.74) is 2.35. The quantitative estimate of drug-likeness (QED) is 0.575. The van der Waals surface area contributed by atoms with Gasteiger partial charge in [0, 0.05) is 29.9 Å². The number of nitrogens with one attached hydrogen (secondary N) is 3. The maximum absolute atomic E-state index is 11.9. The van der Waals surface area contributed by atoms with Crippen molar-refractivity contribution < 1.29 is 12.8 Å². The van der Waals surface area contributed by atoms with Crippen molar-refractivity contribution in [1.82, 2.24) is 24.9 Å². The molecule has 0 spiro atoms. The van der Waals surface area contributed by atoms with E-state index in [9.17, 15) is 8.42 Å². The average Bonchev–Trinajstić information content (AvgIpc) is 3.24. The van der Waals surface area contributed by atoms with Gasteiger partial charge in [-0.05, 0) is 25.3 Å². The third-order valence-electron chi connectivity index (χ3n) is 4.48. The Morgan fingerprint density at radius 3 is 2.92 bits per heavy atom. The summed E-state index contributed by atoms with van der Waals surface area (Å²) in [6, 6.07) is 2.07. The Kier molecular flexibility index (Phi) is 4.37. The molecule has 138 valence electrons. The minimum Gasteiger partial charge on any atom is -0.423 e. The van der Waals surface area contributed by atoms with Gasteiger partial charge in [0.2, 0.25) is 16.4 Å². The number of fused-ring (bicyclic) bond motifs is 1. The first-order valence-corrected chi connectivity index (χ1v) is 10.2. The van der Waals surface area contributed by atoms with E-state index in [0.717, 1.165) is 35.1 Å². The summed E-state index contributed by atoms with van der Waals surface area (Å²) in [5, 5.41) is 12.1. The monoisotopic (exact) mass is 376 g/mol. The molecule has 1 fully saturated rings. The minimum absolute atomic E-state index is 0.0283. The molecule has 1 aliphatic carbocycles. The molecule has 26 heavy (non-hydrogen) atoms. The normalized spacial score (nSPS) is 20.2. The Labute approximate surface area is 150 Å². The summed E-state index contributed by atoms with van der Waals surface area (Å²) < 4.78 is 31.8. The molecule has 4 rings (SSSR count). The highest BCUT2D eigenvalue weighted by Gasteiger charge is 2.33. The molecular weight excluding hydrogens is 356 g/mol. The number of hydrogen-bond donors (Lipinski definition) is 3. The van der Waals surface area contributed by atoms with Gasteiger partial charge in [-0.1, -0.05) is 6.92 Å². The Hall–Kier alpha value is -2.46. The molecule has 1 aliphatic rings. The number of hydrogen-bond acceptors (Lipinski definition) is 7. The second kappa shape index (κ2) is 6.69. The lowest BCUT2D eigenvalue weighted by Gasteiger charge is -2.37. The molecule has 1 saturated carbocycles. The number of nitrogens with zero attached hydrogens (tertiary/aromatic N) is 3. The van der Waals surface area contributed by atoms with Gasteiger partial charge in [0.25, 0.3) is 5.89 Å². The first kappa shape index (κ1) is 17.0. The number of pyridine rings is 1. The van der Waals surface area contributed by atoms with Crippen molar-refractivity contribution in [3.05, 3.63) is 24.9 Å². The summed E-state index contributed by atoms with van der Waals surface area (Å²) in [6.07, 6.45) is 6.85. The van der Waals surface area contributed by atoms with Crippen LogP contribution in [0.1, 0.15) is 26.2 Å². The molecule has 3 N–H and O–H groups in total. The van der Waals surface area contributed by atoms with Crippen molar-refractivity contribution in [2.24, 2.45) is 0 Å². The Morgan fingerprint density at radius 2 is 2.19 bits per heavy atom. The van der Waals surface area contributed by atoms with Crippen LogP contribution in [0.15, 0.2) is 29.3 Å². The largest absolute Gasteiger partial charge is 0.423 e.